The van der Waals surface area contributed by atoms with Gasteiger partial charge in [0.15, 0.2) is 11.5 Å². The highest BCUT2D eigenvalue weighted by Crippen LogP contribution is 2.27. The summed E-state index contributed by atoms with van der Waals surface area (Å²) in [5, 5.41) is 19.2. The second-order valence-corrected chi connectivity index (χ2v) is 9.10. The maximum absolute atomic E-state index is 12.4. The molecule has 0 aliphatic carbocycles. The zero-order chi connectivity index (χ0) is 28.1. The van der Waals surface area contributed by atoms with E-state index in [1.165, 1.54) is 19.2 Å². The molecule has 0 unspecified atom stereocenters. The molecule has 0 heterocycles. The van der Waals surface area contributed by atoms with Gasteiger partial charge in [0.05, 0.1) is 7.11 Å². The number of esters is 1. The molecular formula is C31H44N2O5. The van der Waals surface area contributed by atoms with Crippen molar-refractivity contribution in [3.05, 3.63) is 84.5 Å². The minimum atomic E-state index is -1.25. The number of methoxy groups -OCH3 is 1. The van der Waals surface area contributed by atoms with Crippen LogP contribution in [0.2, 0.25) is 0 Å². The largest absolute Gasteiger partial charge is 0.504 e. The van der Waals surface area contributed by atoms with Crippen molar-refractivity contribution in [1.29, 1.82) is 0 Å². The van der Waals surface area contributed by atoms with Gasteiger partial charge in [-0.25, -0.2) is 10.2 Å². The summed E-state index contributed by atoms with van der Waals surface area (Å²) in [6.45, 7) is 3.73. The fourth-order valence-electron chi connectivity index (χ4n) is 3.50. The predicted molar refractivity (Wildman–Crippen MR) is 153 cm³/mol. The van der Waals surface area contributed by atoms with Crippen LogP contribution in [0, 0.1) is 0 Å². The molecule has 4 N–H and O–H groups in total. The van der Waals surface area contributed by atoms with E-state index in [1.54, 1.807) is 13.0 Å². The van der Waals surface area contributed by atoms with Gasteiger partial charge >= 0.3 is 5.97 Å². The van der Waals surface area contributed by atoms with Gasteiger partial charge in [-0.2, -0.15) is 0 Å². The molecule has 0 radical (unpaired) electrons. The molecular weight excluding hydrogens is 480 g/mol. The van der Waals surface area contributed by atoms with Crippen molar-refractivity contribution >= 4 is 11.9 Å². The number of hydrazine groups is 1. The number of allylic oxidation sites excluding steroid dienone is 10. The van der Waals surface area contributed by atoms with Crippen LogP contribution in [0.5, 0.6) is 11.5 Å². The van der Waals surface area contributed by atoms with Gasteiger partial charge in [-0.05, 0) is 69.6 Å². The minimum absolute atomic E-state index is 0.133. The number of phenolic OH excluding ortho intramolecular Hbond substituents is 2. The first kappa shape index (κ1) is 32.4. The Kier molecular flexibility index (Phi) is 16.7. The van der Waals surface area contributed by atoms with E-state index in [0.717, 1.165) is 38.5 Å². The number of nitrogens with one attached hydrogen (secondary N) is 2. The molecule has 1 rings (SSSR count). The smallest absolute Gasteiger partial charge is 0.327 e. The number of hydrogen-bond donors (Lipinski definition) is 4. The van der Waals surface area contributed by atoms with E-state index in [1.807, 2.05) is 0 Å². The van der Waals surface area contributed by atoms with E-state index in [9.17, 15) is 19.8 Å². The van der Waals surface area contributed by atoms with E-state index < -0.39 is 11.5 Å². The molecule has 1 aromatic rings. The fourth-order valence-corrected chi connectivity index (χ4v) is 3.50. The fraction of sp³-hybridized carbons (Fsp3) is 0.419. The molecule has 0 bridgehead atoms. The molecule has 0 aromatic heterocycles. The summed E-state index contributed by atoms with van der Waals surface area (Å²) < 4.78 is 4.88. The zero-order valence-corrected chi connectivity index (χ0v) is 23.0. The first-order valence-electron chi connectivity index (χ1n) is 13.2. The highest BCUT2D eigenvalue weighted by atomic mass is 16.5. The maximum atomic E-state index is 12.4. The lowest BCUT2D eigenvalue weighted by Gasteiger charge is -2.28. The quantitative estimate of drug-likeness (QED) is 0.0606. The lowest BCUT2D eigenvalue weighted by atomic mass is 9.93. The Morgan fingerprint density at radius 2 is 1.42 bits per heavy atom. The van der Waals surface area contributed by atoms with Crippen LogP contribution in [-0.2, 0) is 20.7 Å². The van der Waals surface area contributed by atoms with E-state index >= 15 is 0 Å². The van der Waals surface area contributed by atoms with Crippen LogP contribution >= 0.6 is 0 Å². The van der Waals surface area contributed by atoms with Crippen LogP contribution in [0.3, 0.4) is 0 Å². The SMILES string of the molecule is CC/C=C\C/C=C\C/C=C\C/C=C\C/C=C\CCCC(=O)NN[C@@](C)(Cc1ccc(O)c(O)c1)C(=O)OC. The number of amides is 1. The van der Waals surface area contributed by atoms with Crippen LogP contribution in [0.25, 0.3) is 0 Å². The van der Waals surface area contributed by atoms with Crippen molar-refractivity contribution in [3.8, 4) is 11.5 Å². The van der Waals surface area contributed by atoms with Gasteiger partial charge < -0.3 is 14.9 Å². The molecule has 0 fully saturated rings. The number of carbonyl (C=O) groups excluding carboxylic acids is 2. The highest BCUT2D eigenvalue weighted by molar-refractivity contribution is 5.82. The standard InChI is InChI=1S/C31H44N2O5/c1-4-5-6-7-8-9-10-11-12-13-14-15-16-17-18-19-20-21-29(36)32-33-31(2,30(37)38-3)25-26-22-23-27(34)28(35)24-26/h5-6,8-9,11-12,14-15,17-18,22-24,33-35H,4,7,10,13,16,19-21,25H2,1-3H3,(H,32,36)/b6-5-,9-8-,12-11-,15-14-,18-17-/t31-/m0/s1. The van der Waals surface area contributed by atoms with Gasteiger partial charge in [-0.1, -0.05) is 73.8 Å². The van der Waals surface area contributed by atoms with Crippen molar-refractivity contribution in [2.45, 2.75) is 77.2 Å². The van der Waals surface area contributed by atoms with Gasteiger partial charge in [-0.3, -0.25) is 10.2 Å². The summed E-state index contributed by atoms with van der Waals surface area (Å²) in [5.74, 6) is -1.33. The van der Waals surface area contributed by atoms with Crippen LogP contribution in [0.4, 0.5) is 0 Å². The summed E-state index contributed by atoms with van der Waals surface area (Å²) >= 11 is 0. The molecule has 0 saturated heterocycles. The lowest BCUT2D eigenvalue weighted by molar-refractivity contribution is -0.148. The first-order chi connectivity index (χ1) is 18.3. The molecule has 0 spiro atoms. The van der Waals surface area contributed by atoms with Gasteiger partial charge in [-0.15, -0.1) is 0 Å². The van der Waals surface area contributed by atoms with Crippen LogP contribution in [0.1, 0.15) is 70.8 Å². The molecule has 0 aliphatic heterocycles. The second kappa shape index (κ2) is 19.5. The molecule has 0 saturated carbocycles. The Morgan fingerprint density at radius 3 is 1.95 bits per heavy atom. The Bertz CT molecular complexity index is 994. The summed E-state index contributed by atoms with van der Waals surface area (Å²) in [5.41, 5.74) is 4.71. The Morgan fingerprint density at radius 1 is 0.868 bits per heavy atom. The summed E-state index contributed by atoms with van der Waals surface area (Å²) in [4.78, 5) is 24.6. The van der Waals surface area contributed by atoms with Crippen molar-refractivity contribution in [1.82, 2.24) is 10.9 Å². The molecule has 1 amide bonds. The van der Waals surface area contributed by atoms with Gasteiger partial charge in [0.1, 0.15) is 5.54 Å². The molecule has 1 aromatic carbocycles. The summed E-state index contributed by atoms with van der Waals surface area (Å²) in [6, 6.07) is 4.30. The third-order valence-electron chi connectivity index (χ3n) is 5.64. The normalized spacial score (nSPS) is 13.8. The molecule has 7 heteroatoms. The van der Waals surface area contributed by atoms with Crippen molar-refractivity contribution in [2.24, 2.45) is 0 Å². The maximum Gasteiger partial charge on any atom is 0.327 e. The van der Waals surface area contributed by atoms with E-state index in [4.69, 9.17) is 4.74 Å². The number of ether oxygens (including phenoxy) is 1. The number of benzene rings is 1. The molecule has 0 aliphatic rings. The average molecular weight is 525 g/mol. The molecule has 7 nitrogen and oxygen atoms in total. The van der Waals surface area contributed by atoms with Crippen molar-refractivity contribution in [3.63, 3.8) is 0 Å². The average Bonchev–Trinajstić information content (AvgIpc) is 2.90. The van der Waals surface area contributed by atoms with Crippen LogP contribution in [0.15, 0.2) is 79.0 Å². The number of rotatable bonds is 18. The number of unbranched alkanes of at least 4 members (excludes halogenated alkanes) is 1. The topological polar surface area (TPSA) is 108 Å². The number of phenols is 2. The van der Waals surface area contributed by atoms with Gasteiger partial charge in [0, 0.05) is 12.8 Å². The molecule has 38 heavy (non-hydrogen) atoms. The van der Waals surface area contributed by atoms with Gasteiger partial charge in [0.2, 0.25) is 5.91 Å². The first-order valence-corrected chi connectivity index (χ1v) is 13.2. The highest BCUT2D eigenvalue weighted by Gasteiger charge is 2.35. The van der Waals surface area contributed by atoms with Crippen LogP contribution < -0.4 is 10.9 Å². The Balaban J connectivity index is 2.27. The predicted octanol–water partition coefficient (Wildman–Crippen LogP) is 6.11. The van der Waals surface area contributed by atoms with Crippen molar-refractivity contribution < 1.29 is 24.5 Å². The van der Waals surface area contributed by atoms with E-state index in [0.29, 0.717) is 18.4 Å². The van der Waals surface area contributed by atoms with E-state index in [2.05, 4.69) is 78.5 Å². The third kappa shape index (κ3) is 14.2. The lowest BCUT2D eigenvalue weighted by Crippen LogP contribution is -2.58. The second-order valence-electron chi connectivity index (χ2n) is 9.10. The molecule has 208 valence electrons. The Hall–Kier alpha value is -3.58. The number of aromatic hydroxyl groups is 2. The number of carbonyl (C=O) groups is 2. The van der Waals surface area contributed by atoms with E-state index in [-0.39, 0.29) is 23.8 Å². The van der Waals surface area contributed by atoms with Crippen molar-refractivity contribution in [2.75, 3.05) is 7.11 Å². The number of hydrogen-bond acceptors (Lipinski definition) is 6. The molecule has 1 atom stereocenters. The van der Waals surface area contributed by atoms with Gasteiger partial charge in [0.25, 0.3) is 0 Å². The zero-order valence-electron chi connectivity index (χ0n) is 23.0. The third-order valence-corrected chi connectivity index (χ3v) is 5.64. The Labute approximate surface area is 227 Å². The summed E-state index contributed by atoms with van der Waals surface area (Å²) in [6.07, 6.45) is 28.2. The summed E-state index contributed by atoms with van der Waals surface area (Å²) in [7, 11) is 1.27. The monoisotopic (exact) mass is 524 g/mol. The van der Waals surface area contributed by atoms with Crippen LogP contribution in [-0.4, -0.2) is 34.7 Å². The minimum Gasteiger partial charge on any atom is -0.504 e.